The maximum atomic E-state index is 12.8. The molecule has 1 heterocycles. The first-order chi connectivity index (χ1) is 11.9. The third kappa shape index (κ3) is 3.83. The van der Waals surface area contributed by atoms with Gasteiger partial charge >= 0.3 is 6.18 Å². The molecule has 1 aromatic carbocycles. The van der Waals surface area contributed by atoms with Crippen molar-refractivity contribution in [1.29, 1.82) is 0 Å². The van der Waals surface area contributed by atoms with Crippen molar-refractivity contribution in [1.82, 2.24) is 5.32 Å². The van der Waals surface area contributed by atoms with E-state index in [1.165, 1.54) is 12.0 Å². The average molecular weight is 347 g/mol. The Bertz CT molecular complexity index is 685. The normalized spacial score (nSPS) is 29.3. The van der Waals surface area contributed by atoms with Crippen LogP contribution in [0.25, 0.3) is 0 Å². The van der Waals surface area contributed by atoms with E-state index in [-0.39, 0.29) is 6.04 Å². The zero-order chi connectivity index (χ0) is 18.0. The Balaban J connectivity index is 1.93. The number of halogens is 3. The van der Waals surface area contributed by atoms with Crippen LogP contribution in [0.15, 0.2) is 65.9 Å². The van der Waals surface area contributed by atoms with Crippen molar-refractivity contribution in [3.63, 3.8) is 0 Å². The Kier molecular flexibility index (Phi) is 5.07. The molecule has 25 heavy (non-hydrogen) atoms. The molecule has 2 aliphatic rings. The van der Waals surface area contributed by atoms with Gasteiger partial charge in [-0.1, -0.05) is 55.8 Å². The SMILES string of the molecule is C=C1/C(=C\C=C(/C)C(F)(F)F)N[C@@H](c2ccccc2)C2CCCCC12. The number of hydrogen-bond acceptors (Lipinski definition) is 1. The number of allylic oxidation sites excluding steroid dienone is 4. The Labute approximate surface area is 147 Å². The van der Waals surface area contributed by atoms with Crippen molar-refractivity contribution in [2.75, 3.05) is 0 Å². The molecule has 1 N–H and O–H groups in total. The fraction of sp³-hybridized carbons (Fsp3) is 0.429. The fourth-order valence-corrected chi connectivity index (χ4v) is 4.01. The Morgan fingerprint density at radius 3 is 2.52 bits per heavy atom. The lowest BCUT2D eigenvalue weighted by molar-refractivity contribution is -0.0913. The van der Waals surface area contributed by atoms with Crippen LogP contribution < -0.4 is 5.32 Å². The third-order valence-electron chi connectivity index (χ3n) is 5.46. The van der Waals surface area contributed by atoms with Crippen LogP contribution in [0.4, 0.5) is 13.2 Å². The third-order valence-corrected chi connectivity index (χ3v) is 5.46. The molecule has 3 rings (SSSR count). The smallest absolute Gasteiger partial charge is 0.378 e. The number of fused-ring (bicyclic) bond motifs is 1. The number of hydrogen-bond donors (Lipinski definition) is 1. The van der Waals surface area contributed by atoms with Gasteiger partial charge in [0.25, 0.3) is 0 Å². The maximum absolute atomic E-state index is 12.8. The molecule has 1 saturated carbocycles. The van der Waals surface area contributed by atoms with E-state index in [1.807, 2.05) is 18.2 Å². The summed E-state index contributed by atoms with van der Waals surface area (Å²) >= 11 is 0. The summed E-state index contributed by atoms with van der Waals surface area (Å²) < 4.78 is 38.3. The minimum atomic E-state index is -4.29. The molecular formula is C21H24F3N. The van der Waals surface area contributed by atoms with Crippen LogP contribution >= 0.6 is 0 Å². The van der Waals surface area contributed by atoms with Crippen LogP contribution in [0.2, 0.25) is 0 Å². The van der Waals surface area contributed by atoms with Crippen LogP contribution in [0.1, 0.15) is 44.2 Å². The van der Waals surface area contributed by atoms with Gasteiger partial charge in [0.1, 0.15) is 0 Å². The summed E-state index contributed by atoms with van der Waals surface area (Å²) in [5, 5.41) is 3.48. The summed E-state index contributed by atoms with van der Waals surface area (Å²) in [6.07, 6.45) is 2.96. The highest BCUT2D eigenvalue weighted by Gasteiger charge is 2.39. The van der Waals surface area contributed by atoms with E-state index >= 15 is 0 Å². The molecule has 134 valence electrons. The van der Waals surface area contributed by atoms with E-state index in [4.69, 9.17) is 0 Å². The summed E-state index contributed by atoms with van der Waals surface area (Å²) in [6.45, 7) is 5.30. The minimum Gasteiger partial charge on any atom is -0.378 e. The van der Waals surface area contributed by atoms with Gasteiger partial charge in [0, 0.05) is 11.3 Å². The first-order valence-electron chi connectivity index (χ1n) is 8.84. The number of piperidine rings is 1. The number of alkyl halides is 3. The van der Waals surface area contributed by atoms with Crippen LogP contribution in [0.5, 0.6) is 0 Å². The van der Waals surface area contributed by atoms with E-state index in [9.17, 15) is 13.2 Å². The van der Waals surface area contributed by atoms with Crippen molar-refractivity contribution in [3.05, 3.63) is 71.5 Å². The Morgan fingerprint density at radius 1 is 1.16 bits per heavy atom. The standard InChI is InChI=1S/C21H24F3N/c1-14(21(22,23)24)12-13-19-15(2)17-10-6-7-11-18(17)20(25-19)16-8-4-3-5-9-16/h3-5,8-9,12-13,17-18,20,25H,2,6-7,10-11H2,1H3/b14-12+,19-13+/t17?,18?,20-/m0/s1. The minimum absolute atomic E-state index is 0.128. The fourth-order valence-electron chi connectivity index (χ4n) is 4.01. The van der Waals surface area contributed by atoms with Gasteiger partial charge in [-0.3, -0.25) is 0 Å². The highest BCUT2D eigenvalue weighted by atomic mass is 19.4. The lowest BCUT2D eigenvalue weighted by atomic mass is 9.67. The largest absolute Gasteiger partial charge is 0.412 e. The molecule has 2 fully saturated rings. The molecular weight excluding hydrogens is 323 g/mol. The second-order valence-corrected chi connectivity index (χ2v) is 7.04. The summed E-state index contributed by atoms with van der Waals surface area (Å²) in [4.78, 5) is 0. The first-order valence-corrected chi connectivity index (χ1v) is 8.84. The van der Waals surface area contributed by atoms with Gasteiger partial charge in [-0.25, -0.2) is 0 Å². The topological polar surface area (TPSA) is 12.0 Å². The molecule has 1 aromatic rings. The predicted molar refractivity (Wildman–Crippen MR) is 94.8 cm³/mol. The summed E-state index contributed by atoms with van der Waals surface area (Å²) in [5.74, 6) is 0.791. The van der Waals surface area contributed by atoms with Crippen molar-refractivity contribution in [3.8, 4) is 0 Å². The highest BCUT2D eigenvalue weighted by Crippen LogP contribution is 2.47. The van der Waals surface area contributed by atoms with Gasteiger partial charge in [-0.05, 0) is 48.8 Å². The molecule has 0 bridgehead atoms. The average Bonchev–Trinajstić information content (AvgIpc) is 2.61. The lowest BCUT2D eigenvalue weighted by Gasteiger charge is -2.45. The molecule has 1 aliphatic heterocycles. The van der Waals surface area contributed by atoms with Crippen LogP contribution in [-0.4, -0.2) is 6.18 Å². The van der Waals surface area contributed by atoms with Crippen LogP contribution in [0, 0.1) is 11.8 Å². The van der Waals surface area contributed by atoms with Crippen LogP contribution in [-0.2, 0) is 0 Å². The zero-order valence-corrected chi connectivity index (χ0v) is 14.4. The quantitative estimate of drug-likeness (QED) is 0.683. The predicted octanol–water partition coefficient (Wildman–Crippen LogP) is 6.09. The van der Waals surface area contributed by atoms with E-state index in [0.717, 1.165) is 43.5 Å². The van der Waals surface area contributed by atoms with Crippen molar-refractivity contribution < 1.29 is 13.2 Å². The Morgan fingerprint density at radius 2 is 1.84 bits per heavy atom. The van der Waals surface area contributed by atoms with E-state index in [1.54, 1.807) is 6.08 Å². The summed E-state index contributed by atoms with van der Waals surface area (Å²) in [6, 6.07) is 10.3. The van der Waals surface area contributed by atoms with Gasteiger partial charge in [-0.15, -0.1) is 0 Å². The monoisotopic (exact) mass is 347 g/mol. The van der Waals surface area contributed by atoms with Gasteiger partial charge < -0.3 is 5.32 Å². The number of rotatable bonds is 2. The lowest BCUT2D eigenvalue weighted by Crippen LogP contribution is -2.41. The summed E-state index contributed by atoms with van der Waals surface area (Å²) in [7, 11) is 0. The van der Waals surface area contributed by atoms with E-state index in [2.05, 4.69) is 24.0 Å². The molecule has 0 spiro atoms. The first kappa shape index (κ1) is 17.8. The molecule has 2 unspecified atom stereocenters. The van der Waals surface area contributed by atoms with Gasteiger partial charge in [0.2, 0.25) is 0 Å². The van der Waals surface area contributed by atoms with Crippen LogP contribution in [0.3, 0.4) is 0 Å². The summed E-state index contributed by atoms with van der Waals surface area (Å²) in [5.41, 5.74) is 2.27. The van der Waals surface area contributed by atoms with Gasteiger partial charge in [-0.2, -0.15) is 13.2 Å². The highest BCUT2D eigenvalue weighted by molar-refractivity contribution is 5.39. The molecule has 0 radical (unpaired) electrons. The van der Waals surface area contributed by atoms with E-state index < -0.39 is 11.7 Å². The molecule has 1 aliphatic carbocycles. The second kappa shape index (κ2) is 7.11. The van der Waals surface area contributed by atoms with Gasteiger partial charge in [0.05, 0.1) is 6.04 Å². The molecule has 1 saturated heterocycles. The molecule has 4 heteroatoms. The maximum Gasteiger partial charge on any atom is 0.412 e. The second-order valence-electron chi connectivity index (χ2n) is 7.04. The Hall–Kier alpha value is -1.97. The van der Waals surface area contributed by atoms with Gasteiger partial charge in [0.15, 0.2) is 0 Å². The van der Waals surface area contributed by atoms with Crippen molar-refractivity contribution >= 4 is 0 Å². The molecule has 3 atom stereocenters. The van der Waals surface area contributed by atoms with Crippen molar-refractivity contribution in [2.45, 2.75) is 44.8 Å². The van der Waals surface area contributed by atoms with E-state index in [0.29, 0.717) is 11.8 Å². The zero-order valence-electron chi connectivity index (χ0n) is 14.4. The van der Waals surface area contributed by atoms with Crippen molar-refractivity contribution in [2.24, 2.45) is 11.8 Å². The molecule has 1 nitrogen and oxygen atoms in total. The molecule has 0 aromatic heterocycles. The number of benzene rings is 1. The molecule has 0 amide bonds. The number of nitrogens with one attached hydrogen (secondary N) is 1.